The van der Waals surface area contributed by atoms with Gasteiger partial charge in [0, 0.05) is 5.56 Å². The smallest absolute Gasteiger partial charge is 0.142 e. The molecule has 0 unspecified atom stereocenters. The van der Waals surface area contributed by atoms with Gasteiger partial charge in [0.05, 0.1) is 5.56 Å². The van der Waals surface area contributed by atoms with Crippen molar-refractivity contribution in [3.63, 3.8) is 0 Å². The van der Waals surface area contributed by atoms with Crippen LogP contribution < -0.4 is 0 Å². The molecule has 1 saturated carbocycles. The summed E-state index contributed by atoms with van der Waals surface area (Å²) in [5.74, 6) is 5.13. The van der Waals surface area contributed by atoms with Crippen molar-refractivity contribution in [2.24, 2.45) is 0 Å². The largest absolute Gasteiger partial charge is 0.206 e. The highest BCUT2D eigenvalue weighted by Crippen LogP contribution is 2.41. The molecule has 0 aliphatic heterocycles. The van der Waals surface area contributed by atoms with Crippen LogP contribution in [0.5, 0.6) is 0 Å². The van der Waals surface area contributed by atoms with E-state index in [1.165, 1.54) is 23.3 Å². The van der Waals surface area contributed by atoms with Crippen LogP contribution in [-0.4, -0.2) is 0 Å². The first-order chi connectivity index (χ1) is 16.0. The monoisotopic (exact) mass is 440 g/mol. The van der Waals surface area contributed by atoms with Gasteiger partial charge in [0.15, 0.2) is 0 Å². The highest BCUT2D eigenvalue weighted by atomic mass is 19.1. The van der Waals surface area contributed by atoms with E-state index in [9.17, 15) is 8.78 Å². The Morgan fingerprint density at radius 1 is 0.818 bits per heavy atom. The molecule has 0 nitrogen and oxygen atoms in total. The Balaban J connectivity index is 1.41. The lowest BCUT2D eigenvalue weighted by Gasteiger charge is -2.29. The Kier molecular flexibility index (Phi) is 7.40. The maximum Gasteiger partial charge on any atom is 0.142 e. The number of hydrogen-bond donors (Lipinski definition) is 0. The van der Waals surface area contributed by atoms with E-state index in [1.54, 1.807) is 0 Å². The molecular formula is C31H30F2. The van der Waals surface area contributed by atoms with Gasteiger partial charge in [-0.2, -0.15) is 0 Å². The van der Waals surface area contributed by atoms with Gasteiger partial charge in [-0.05, 0) is 98.2 Å². The summed E-state index contributed by atoms with van der Waals surface area (Å²) in [6.07, 6.45) is 7.92. The van der Waals surface area contributed by atoms with E-state index in [0.29, 0.717) is 5.92 Å². The number of hydrogen-bond acceptors (Lipinski definition) is 0. The van der Waals surface area contributed by atoms with E-state index < -0.39 is 11.6 Å². The summed E-state index contributed by atoms with van der Waals surface area (Å²) in [7, 11) is 0. The first-order valence-electron chi connectivity index (χ1n) is 11.8. The van der Waals surface area contributed by atoms with E-state index >= 15 is 0 Å². The van der Waals surface area contributed by atoms with Gasteiger partial charge in [-0.1, -0.05) is 59.9 Å². The zero-order chi connectivity index (χ0) is 23.2. The predicted octanol–water partition coefficient (Wildman–Crippen LogP) is 8.23. The molecule has 3 aromatic carbocycles. The fourth-order valence-corrected chi connectivity index (χ4v) is 4.70. The zero-order valence-electron chi connectivity index (χ0n) is 19.2. The lowest BCUT2D eigenvalue weighted by molar-refractivity contribution is 0.394. The van der Waals surface area contributed by atoms with Crippen molar-refractivity contribution in [3.05, 3.63) is 118 Å². The summed E-state index contributed by atoms with van der Waals surface area (Å²) in [4.78, 5) is 0. The summed E-state index contributed by atoms with van der Waals surface area (Å²) in [6.45, 7) is 5.78. The quantitative estimate of drug-likeness (QED) is 0.277. The first kappa shape index (κ1) is 23.0. The summed E-state index contributed by atoms with van der Waals surface area (Å²) in [6, 6.07) is 19.5. The number of aryl methyl sites for hydroxylation is 2. The third-order valence-electron chi connectivity index (χ3n) is 6.73. The van der Waals surface area contributed by atoms with E-state index in [4.69, 9.17) is 0 Å². The van der Waals surface area contributed by atoms with Crippen LogP contribution in [0.25, 0.3) is 0 Å². The van der Waals surface area contributed by atoms with Crippen LogP contribution in [0.1, 0.15) is 77.3 Å². The van der Waals surface area contributed by atoms with Gasteiger partial charge >= 0.3 is 0 Å². The topological polar surface area (TPSA) is 0 Å². The summed E-state index contributed by atoms with van der Waals surface area (Å²) < 4.78 is 29.5. The zero-order valence-corrected chi connectivity index (χ0v) is 19.2. The lowest BCUT2D eigenvalue weighted by Crippen LogP contribution is -2.13. The second kappa shape index (κ2) is 10.6. The molecule has 0 N–H and O–H groups in total. The molecule has 1 aliphatic carbocycles. The van der Waals surface area contributed by atoms with Crippen LogP contribution in [-0.2, 0) is 6.42 Å². The van der Waals surface area contributed by atoms with Crippen LogP contribution in [0.15, 0.2) is 73.3 Å². The Morgan fingerprint density at radius 3 is 1.97 bits per heavy atom. The molecule has 3 aromatic rings. The molecule has 168 valence electrons. The van der Waals surface area contributed by atoms with Gasteiger partial charge in [-0.15, -0.1) is 6.58 Å². The molecule has 0 bridgehead atoms. The number of rotatable bonds is 5. The molecule has 0 spiro atoms. The minimum absolute atomic E-state index is 0.149. The lowest BCUT2D eigenvalue weighted by atomic mass is 9.76. The SMILES string of the molecule is C=CCCc1ccc([C@H]2CC[C@H](c3cc(F)c(C#Cc4ccc(C)cc4)c(F)c3)CC2)cc1. The van der Waals surface area contributed by atoms with Crippen molar-refractivity contribution in [3.8, 4) is 11.8 Å². The predicted molar refractivity (Wildman–Crippen MR) is 132 cm³/mol. The van der Waals surface area contributed by atoms with Crippen molar-refractivity contribution in [2.45, 2.75) is 57.3 Å². The molecular weight excluding hydrogens is 410 g/mol. The number of halogens is 2. The van der Waals surface area contributed by atoms with Crippen LogP contribution >= 0.6 is 0 Å². The van der Waals surface area contributed by atoms with Crippen LogP contribution in [0.2, 0.25) is 0 Å². The Labute approximate surface area is 196 Å². The van der Waals surface area contributed by atoms with Crippen molar-refractivity contribution < 1.29 is 8.78 Å². The summed E-state index contributed by atoms with van der Waals surface area (Å²) >= 11 is 0. The van der Waals surface area contributed by atoms with Crippen molar-refractivity contribution in [2.75, 3.05) is 0 Å². The van der Waals surface area contributed by atoms with Crippen LogP contribution in [0, 0.1) is 30.4 Å². The highest BCUT2D eigenvalue weighted by Gasteiger charge is 2.25. The first-order valence-corrected chi connectivity index (χ1v) is 11.8. The van der Waals surface area contributed by atoms with Gasteiger partial charge < -0.3 is 0 Å². The minimum atomic E-state index is -0.568. The van der Waals surface area contributed by atoms with E-state index in [2.05, 4.69) is 42.7 Å². The summed E-state index contributed by atoms with van der Waals surface area (Å²) in [5, 5.41) is 0. The standard InChI is InChI=1S/C31H30F2/c1-3-4-5-23-10-13-25(14-11-23)26-15-17-27(18-16-26)28-20-30(32)29(31(33)21-28)19-12-24-8-6-22(2)7-9-24/h3,6-11,13-14,20-21,26-27H,1,4-5,15-18H2,2H3/t26-,27-. The molecule has 0 atom stereocenters. The van der Waals surface area contributed by atoms with Crippen molar-refractivity contribution in [1.29, 1.82) is 0 Å². The molecule has 33 heavy (non-hydrogen) atoms. The fraction of sp³-hybridized carbons (Fsp3) is 0.290. The van der Waals surface area contributed by atoms with E-state index in [1.807, 2.05) is 37.3 Å². The normalized spacial score (nSPS) is 17.8. The second-order valence-corrected chi connectivity index (χ2v) is 9.09. The maximum atomic E-state index is 14.8. The molecule has 0 saturated heterocycles. The van der Waals surface area contributed by atoms with Crippen molar-refractivity contribution in [1.82, 2.24) is 0 Å². The van der Waals surface area contributed by atoms with Crippen LogP contribution in [0.3, 0.4) is 0 Å². The molecule has 0 heterocycles. The minimum Gasteiger partial charge on any atom is -0.206 e. The molecule has 1 aliphatic rings. The van der Waals surface area contributed by atoms with E-state index in [-0.39, 0.29) is 11.5 Å². The molecule has 0 amide bonds. The van der Waals surface area contributed by atoms with Gasteiger partial charge in [0.2, 0.25) is 0 Å². The van der Waals surface area contributed by atoms with Gasteiger partial charge in [0.25, 0.3) is 0 Å². The number of allylic oxidation sites excluding steroid dienone is 1. The van der Waals surface area contributed by atoms with Gasteiger partial charge in [0.1, 0.15) is 11.6 Å². The molecule has 0 radical (unpaired) electrons. The molecule has 0 aromatic heterocycles. The molecule has 1 fully saturated rings. The number of benzene rings is 3. The van der Waals surface area contributed by atoms with E-state index in [0.717, 1.165) is 55.2 Å². The van der Waals surface area contributed by atoms with Crippen LogP contribution in [0.4, 0.5) is 8.78 Å². The summed E-state index contributed by atoms with van der Waals surface area (Å²) in [5.41, 5.74) is 5.18. The molecule has 2 heteroatoms. The Morgan fingerprint density at radius 2 is 1.39 bits per heavy atom. The van der Waals surface area contributed by atoms with Gasteiger partial charge in [-0.25, -0.2) is 8.78 Å². The third kappa shape index (κ3) is 5.79. The average Bonchev–Trinajstić information content (AvgIpc) is 2.84. The maximum absolute atomic E-state index is 14.8. The Hall–Kier alpha value is -3.18. The average molecular weight is 441 g/mol. The fourth-order valence-electron chi connectivity index (χ4n) is 4.70. The second-order valence-electron chi connectivity index (χ2n) is 9.09. The third-order valence-corrected chi connectivity index (χ3v) is 6.73. The van der Waals surface area contributed by atoms with Gasteiger partial charge in [-0.3, -0.25) is 0 Å². The Bertz CT molecular complexity index is 1130. The molecule has 4 rings (SSSR count). The van der Waals surface area contributed by atoms with Crippen molar-refractivity contribution >= 4 is 0 Å². The highest BCUT2D eigenvalue weighted by molar-refractivity contribution is 5.46.